The summed E-state index contributed by atoms with van der Waals surface area (Å²) >= 11 is 1.74. The molecule has 0 saturated heterocycles. The van der Waals surface area contributed by atoms with Gasteiger partial charge < -0.3 is 10.4 Å². The van der Waals surface area contributed by atoms with Gasteiger partial charge in [0.1, 0.15) is 11.5 Å². The maximum absolute atomic E-state index is 12.8. The number of nitrogens with one attached hydrogen (secondary N) is 1. The van der Waals surface area contributed by atoms with Gasteiger partial charge >= 0.3 is 0 Å². The molecule has 2 saturated carbocycles. The third kappa shape index (κ3) is 2.66. The Labute approximate surface area is 194 Å². The molecular weight excluding hydrogens is 416 g/mol. The number of carbonyl (C=O) groups is 1. The number of thiazole rings is 1. The Morgan fingerprint density at radius 2 is 1.91 bits per heavy atom. The second-order valence-corrected chi connectivity index (χ2v) is 12.3. The molecule has 4 nitrogen and oxygen atoms in total. The Morgan fingerprint density at radius 1 is 1.09 bits per heavy atom. The van der Waals surface area contributed by atoms with Crippen LogP contribution in [0.4, 0.5) is 10.8 Å². The number of rotatable bonds is 2. The molecule has 2 aromatic rings. The molecule has 1 aromatic heterocycles. The van der Waals surface area contributed by atoms with E-state index in [2.05, 4.69) is 32.2 Å². The lowest BCUT2D eigenvalue weighted by Crippen LogP contribution is -2.55. The number of aromatic nitrogens is 1. The van der Waals surface area contributed by atoms with Crippen LogP contribution >= 0.6 is 11.3 Å². The standard InChI is InChI=1S/C27H32N2O2S/c1-25-13-10-19-23(29-24(32-19)28-16-5-4-6-17(30)15-16)18(25)9-12-26(2)20-7-8-22(31)27(20,3)14-11-21(25)26/h4-6,9,15,20-21,30H,7-8,10-14H2,1-3H3,(H,28,29)/t20-,21+,25-,26-,27-/m0/s1. The first kappa shape index (κ1) is 20.5. The zero-order chi connectivity index (χ0) is 22.3. The van der Waals surface area contributed by atoms with E-state index in [0.29, 0.717) is 17.6 Å². The summed E-state index contributed by atoms with van der Waals surface area (Å²) in [5.74, 6) is 1.88. The Balaban J connectivity index is 1.37. The highest BCUT2D eigenvalue weighted by Gasteiger charge is 2.64. The minimum Gasteiger partial charge on any atom is -0.508 e. The third-order valence-corrected chi connectivity index (χ3v) is 10.7. The highest BCUT2D eigenvalue weighted by Crippen LogP contribution is 2.70. The molecule has 5 heteroatoms. The number of aryl methyl sites for hydroxylation is 1. The first-order chi connectivity index (χ1) is 15.2. The summed E-state index contributed by atoms with van der Waals surface area (Å²) in [5.41, 5.74) is 3.71. The molecule has 2 N–H and O–H groups in total. The number of allylic oxidation sites excluding steroid dienone is 2. The number of hydrogen-bond donors (Lipinski definition) is 2. The van der Waals surface area contributed by atoms with Crippen LogP contribution in [-0.4, -0.2) is 15.9 Å². The maximum Gasteiger partial charge on any atom is 0.187 e. The lowest BCUT2D eigenvalue weighted by Gasteiger charge is -2.61. The monoisotopic (exact) mass is 448 g/mol. The van der Waals surface area contributed by atoms with Gasteiger partial charge in [-0.05, 0) is 78.9 Å². The Hall–Kier alpha value is -2.14. The van der Waals surface area contributed by atoms with Crippen LogP contribution in [-0.2, 0) is 11.2 Å². The molecule has 0 spiro atoms. The normalized spacial score (nSPS) is 37.7. The van der Waals surface area contributed by atoms with Crippen molar-refractivity contribution in [1.82, 2.24) is 4.98 Å². The average molecular weight is 449 g/mol. The quantitative estimate of drug-likeness (QED) is 0.534. The van der Waals surface area contributed by atoms with Gasteiger partial charge in [0.2, 0.25) is 0 Å². The highest BCUT2D eigenvalue weighted by atomic mass is 32.1. The predicted octanol–water partition coefficient (Wildman–Crippen LogP) is 6.73. The van der Waals surface area contributed by atoms with Crippen LogP contribution in [0.5, 0.6) is 5.75 Å². The van der Waals surface area contributed by atoms with Crippen LogP contribution in [0.25, 0.3) is 5.57 Å². The number of fused-ring (bicyclic) bond motifs is 7. The molecule has 32 heavy (non-hydrogen) atoms. The van der Waals surface area contributed by atoms with Crippen molar-refractivity contribution in [3.63, 3.8) is 0 Å². The zero-order valence-electron chi connectivity index (χ0n) is 19.2. The molecule has 6 rings (SSSR count). The maximum atomic E-state index is 12.8. The molecule has 4 aliphatic carbocycles. The molecule has 0 radical (unpaired) electrons. The first-order valence-electron chi connectivity index (χ1n) is 12.0. The van der Waals surface area contributed by atoms with Crippen LogP contribution in [0.15, 0.2) is 30.3 Å². The van der Waals surface area contributed by atoms with Crippen molar-refractivity contribution in [3.05, 3.63) is 40.9 Å². The fourth-order valence-corrected chi connectivity index (χ4v) is 9.07. The third-order valence-electron chi connectivity index (χ3n) is 9.66. The van der Waals surface area contributed by atoms with Gasteiger partial charge in [0.15, 0.2) is 5.13 Å². The second-order valence-electron chi connectivity index (χ2n) is 11.2. The number of hydrogen-bond acceptors (Lipinski definition) is 5. The summed E-state index contributed by atoms with van der Waals surface area (Å²) < 4.78 is 0. The lowest BCUT2D eigenvalue weighted by molar-refractivity contribution is -0.137. The molecule has 168 valence electrons. The van der Waals surface area contributed by atoms with Gasteiger partial charge in [-0.15, -0.1) is 11.3 Å². The van der Waals surface area contributed by atoms with E-state index in [1.54, 1.807) is 23.5 Å². The molecular formula is C27H32N2O2S. The van der Waals surface area contributed by atoms with Crippen molar-refractivity contribution >= 4 is 33.5 Å². The van der Waals surface area contributed by atoms with Crippen molar-refractivity contribution in [1.29, 1.82) is 0 Å². The van der Waals surface area contributed by atoms with Crippen LogP contribution in [0.3, 0.4) is 0 Å². The fourth-order valence-electron chi connectivity index (χ4n) is 8.08. The van der Waals surface area contributed by atoms with Crippen molar-refractivity contribution in [2.24, 2.45) is 28.1 Å². The molecule has 4 aliphatic rings. The molecule has 0 amide bonds. The zero-order valence-corrected chi connectivity index (χ0v) is 20.0. The number of anilines is 2. The van der Waals surface area contributed by atoms with Gasteiger partial charge in [-0.25, -0.2) is 4.98 Å². The van der Waals surface area contributed by atoms with E-state index in [1.165, 1.54) is 16.1 Å². The summed E-state index contributed by atoms with van der Waals surface area (Å²) in [7, 11) is 0. The summed E-state index contributed by atoms with van der Waals surface area (Å²) in [6.07, 6.45) is 9.82. The van der Waals surface area contributed by atoms with Gasteiger partial charge in [0, 0.05) is 28.5 Å². The van der Waals surface area contributed by atoms with Gasteiger partial charge in [-0.3, -0.25) is 4.79 Å². The number of carbonyl (C=O) groups excluding carboxylic acids is 1. The van der Waals surface area contributed by atoms with E-state index in [4.69, 9.17) is 4.98 Å². The van der Waals surface area contributed by atoms with E-state index in [9.17, 15) is 9.90 Å². The molecule has 1 heterocycles. The Bertz CT molecular complexity index is 1150. The Morgan fingerprint density at radius 3 is 2.72 bits per heavy atom. The smallest absolute Gasteiger partial charge is 0.187 e. The second kappa shape index (κ2) is 6.69. The van der Waals surface area contributed by atoms with Crippen molar-refractivity contribution in [3.8, 4) is 5.75 Å². The van der Waals surface area contributed by atoms with Crippen LogP contribution in [0.1, 0.15) is 69.9 Å². The van der Waals surface area contributed by atoms with E-state index < -0.39 is 0 Å². The molecule has 0 unspecified atom stereocenters. The summed E-state index contributed by atoms with van der Waals surface area (Å²) in [4.78, 5) is 19.2. The van der Waals surface area contributed by atoms with E-state index in [1.807, 2.05) is 12.1 Å². The van der Waals surface area contributed by atoms with Crippen LogP contribution in [0.2, 0.25) is 0 Å². The average Bonchev–Trinajstić information content (AvgIpc) is 3.28. The topological polar surface area (TPSA) is 62.2 Å². The number of phenolic OH excluding ortho intramolecular Hbond substituents is 1. The number of benzene rings is 1. The minimum absolute atomic E-state index is 0.105. The molecule has 2 fully saturated rings. The van der Waals surface area contributed by atoms with Crippen molar-refractivity contribution in [2.75, 3.05) is 5.32 Å². The molecule has 1 aromatic carbocycles. The number of ketones is 1. The number of aromatic hydroxyl groups is 1. The van der Waals surface area contributed by atoms with Crippen LogP contribution in [0, 0.1) is 28.1 Å². The van der Waals surface area contributed by atoms with E-state index in [0.717, 1.165) is 55.8 Å². The minimum atomic E-state index is -0.105. The SMILES string of the molecule is C[C@@]12CC=C3c4nc(Nc5cccc(O)c5)sc4CC[C@]3(C)[C@H]1CC[C@]1(C)C(=O)CC[C@@H]21. The Kier molecular flexibility index (Phi) is 4.28. The predicted molar refractivity (Wildman–Crippen MR) is 129 cm³/mol. The fraction of sp³-hybridized carbons (Fsp3) is 0.556. The van der Waals surface area contributed by atoms with Gasteiger partial charge in [0.25, 0.3) is 0 Å². The van der Waals surface area contributed by atoms with Crippen molar-refractivity contribution in [2.45, 2.75) is 65.7 Å². The number of nitrogens with zero attached hydrogens (tertiary/aromatic N) is 1. The van der Waals surface area contributed by atoms with Gasteiger partial charge in [-0.1, -0.05) is 32.9 Å². The number of Topliss-reactive ketones (excluding diaryl/α,β-unsaturated/α-hetero) is 1. The lowest BCUT2D eigenvalue weighted by atomic mass is 9.42. The van der Waals surface area contributed by atoms with Gasteiger partial charge in [-0.2, -0.15) is 0 Å². The first-order valence-corrected chi connectivity index (χ1v) is 12.9. The molecule has 0 bridgehead atoms. The highest BCUT2D eigenvalue weighted by molar-refractivity contribution is 7.15. The largest absolute Gasteiger partial charge is 0.508 e. The molecule has 5 atom stereocenters. The van der Waals surface area contributed by atoms with Crippen molar-refractivity contribution < 1.29 is 9.90 Å². The van der Waals surface area contributed by atoms with E-state index >= 15 is 0 Å². The summed E-state index contributed by atoms with van der Waals surface area (Å²) in [6, 6.07) is 7.22. The van der Waals surface area contributed by atoms with Gasteiger partial charge in [0.05, 0.1) is 5.69 Å². The van der Waals surface area contributed by atoms with E-state index in [-0.39, 0.29) is 22.0 Å². The summed E-state index contributed by atoms with van der Waals surface area (Å²) in [6.45, 7) is 7.22. The van der Waals surface area contributed by atoms with Crippen LogP contribution < -0.4 is 5.32 Å². The molecule has 0 aliphatic heterocycles. The number of phenols is 1. The summed E-state index contributed by atoms with van der Waals surface area (Å²) in [5, 5.41) is 14.1.